The summed E-state index contributed by atoms with van der Waals surface area (Å²) in [5.41, 5.74) is 1.05. The zero-order valence-corrected chi connectivity index (χ0v) is 12.4. The summed E-state index contributed by atoms with van der Waals surface area (Å²) < 4.78 is 11.8. The third-order valence-electron chi connectivity index (χ3n) is 2.46. The minimum absolute atomic E-state index is 0.480. The number of methoxy groups -OCH3 is 1. The summed E-state index contributed by atoms with van der Waals surface area (Å²) in [6.07, 6.45) is 0. The van der Waals surface area contributed by atoms with E-state index >= 15 is 0 Å². The Balaban J connectivity index is 2.11. The Morgan fingerprint density at radius 1 is 1.17 bits per heavy atom. The van der Waals surface area contributed by atoms with Gasteiger partial charge >= 0.3 is 0 Å². The summed E-state index contributed by atoms with van der Waals surface area (Å²) in [6, 6.07) is 13.6. The molecule has 0 unspecified atom stereocenters. The first-order valence-electron chi connectivity index (χ1n) is 5.44. The lowest BCUT2D eigenvalue weighted by atomic mass is 10.2. The van der Waals surface area contributed by atoms with E-state index in [-0.39, 0.29) is 0 Å². The Morgan fingerprint density at radius 3 is 2.67 bits per heavy atom. The molecule has 0 spiro atoms. The zero-order chi connectivity index (χ0) is 13.0. The number of para-hydroxylation sites is 1. The van der Waals surface area contributed by atoms with E-state index in [4.69, 9.17) is 9.47 Å². The summed E-state index contributed by atoms with van der Waals surface area (Å²) >= 11 is 7.82. The summed E-state index contributed by atoms with van der Waals surface area (Å²) in [5.74, 6) is 1.58. The van der Waals surface area contributed by atoms with Crippen molar-refractivity contribution in [3.63, 3.8) is 0 Å². The van der Waals surface area contributed by atoms with Crippen LogP contribution in [0.3, 0.4) is 0 Å². The van der Waals surface area contributed by atoms with Gasteiger partial charge in [-0.05, 0) is 45.8 Å². The van der Waals surface area contributed by atoms with Crippen LogP contribution in [0, 0.1) is 0 Å². The third kappa shape index (κ3) is 3.21. The van der Waals surface area contributed by atoms with E-state index in [9.17, 15) is 0 Å². The maximum absolute atomic E-state index is 5.77. The third-order valence-corrected chi connectivity index (χ3v) is 3.44. The largest absolute Gasteiger partial charge is 0.497 e. The molecule has 0 aliphatic heterocycles. The first-order valence-corrected chi connectivity index (χ1v) is 6.68. The van der Waals surface area contributed by atoms with Crippen molar-refractivity contribution in [3.8, 4) is 11.5 Å². The van der Waals surface area contributed by atoms with Crippen LogP contribution in [-0.4, -0.2) is 7.11 Å². The average molecular weight is 325 g/mol. The molecule has 0 amide bonds. The molecular formula is C14H13BrO2S. The van der Waals surface area contributed by atoms with Crippen LogP contribution in [-0.2, 0) is 6.61 Å². The van der Waals surface area contributed by atoms with Gasteiger partial charge < -0.3 is 9.47 Å². The average Bonchev–Trinajstić information content (AvgIpc) is 2.38. The highest BCUT2D eigenvalue weighted by molar-refractivity contribution is 9.10. The predicted molar refractivity (Wildman–Crippen MR) is 78.7 cm³/mol. The highest BCUT2D eigenvalue weighted by Gasteiger charge is 2.05. The van der Waals surface area contributed by atoms with Crippen LogP contribution < -0.4 is 9.47 Å². The van der Waals surface area contributed by atoms with Crippen molar-refractivity contribution in [2.24, 2.45) is 0 Å². The molecule has 0 atom stereocenters. The van der Waals surface area contributed by atoms with Crippen LogP contribution >= 0.6 is 28.6 Å². The van der Waals surface area contributed by atoms with E-state index in [0.29, 0.717) is 6.61 Å². The molecule has 0 aliphatic carbocycles. The van der Waals surface area contributed by atoms with Gasteiger partial charge in [-0.3, -0.25) is 0 Å². The van der Waals surface area contributed by atoms with E-state index in [2.05, 4.69) is 28.6 Å². The number of thiol groups is 1. The second kappa shape index (κ2) is 6.16. The summed E-state index contributed by atoms with van der Waals surface area (Å²) in [7, 11) is 1.65. The fourth-order valence-electron chi connectivity index (χ4n) is 1.56. The minimum Gasteiger partial charge on any atom is -0.497 e. The van der Waals surface area contributed by atoms with Gasteiger partial charge in [-0.2, -0.15) is 0 Å². The van der Waals surface area contributed by atoms with Gasteiger partial charge in [-0.25, -0.2) is 0 Å². The van der Waals surface area contributed by atoms with Crippen LogP contribution in [0.4, 0.5) is 0 Å². The molecular weight excluding hydrogens is 312 g/mol. The van der Waals surface area contributed by atoms with Crippen molar-refractivity contribution in [3.05, 3.63) is 52.5 Å². The Labute approximate surface area is 120 Å². The lowest BCUT2D eigenvalue weighted by Crippen LogP contribution is -1.97. The fraction of sp³-hybridized carbons (Fsp3) is 0.143. The summed E-state index contributed by atoms with van der Waals surface area (Å²) in [6.45, 7) is 0.480. The highest BCUT2D eigenvalue weighted by Crippen LogP contribution is 2.32. The summed E-state index contributed by atoms with van der Waals surface area (Å²) in [4.78, 5) is 0.812. The maximum atomic E-state index is 5.77. The molecule has 2 nitrogen and oxygen atoms in total. The normalized spacial score (nSPS) is 10.2. The van der Waals surface area contributed by atoms with E-state index in [0.717, 1.165) is 26.4 Å². The van der Waals surface area contributed by atoms with Crippen LogP contribution in [0.15, 0.2) is 51.8 Å². The Kier molecular flexibility index (Phi) is 4.55. The molecule has 94 valence electrons. The molecule has 0 aliphatic rings. The van der Waals surface area contributed by atoms with E-state index in [1.807, 2.05) is 42.5 Å². The maximum Gasteiger partial charge on any atom is 0.147 e. The van der Waals surface area contributed by atoms with Gasteiger partial charge in [0.25, 0.3) is 0 Å². The molecule has 0 N–H and O–H groups in total. The van der Waals surface area contributed by atoms with E-state index < -0.39 is 0 Å². The molecule has 0 fully saturated rings. The van der Waals surface area contributed by atoms with E-state index in [1.54, 1.807) is 7.11 Å². The molecule has 0 saturated carbocycles. The summed E-state index contributed by atoms with van der Waals surface area (Å²) in [5, 5.41) is 0. The topological polar surface area (TPSA) is 18.5 Å². The standard InChI is InChI=1S/C14H13BrO2S/c1-16-11-5-2-4-10(8-11)9-17-14-12(15)6-3-7-13(14)18/h2-8,18H,9H2,1H3. The van der Waals surface area contributed by atoms with Crippen molar-refractivity contribution >= 4 is 28.6 Å². The first-order chi connectivity index (χ1) is 8.70. The van der Waals surface area contributed by atoms with Gasteiger partial charge in [0, 0.05) is 4.90 Å². The van der Waals surface area contributed by atoms with Gasteiger partial charge in [-0.1, -0.05) is 18.2 Å². The molecule has 0 heterocycles. The Bertz CT molecular complexity index is 523. The molecule has 4 heteroatoms. The van der Waals surface area contributed by atoms with Gasteiger partial charge in [0.05, 0.1) is 11.6 Å². The Hall–Kier alpha value is -1.13. The number of rotatable bonds is 4. The molecule has 0 radical (unpaired) electrons. The molecule has 2 aromatic rings. The highest BCUT2D eigenvalue weighted by atomic mass is 79.9. The van der Waals surface area contributed by atoms with Crippen LogP contribution in [0.25, 0.3) is 0 Å². The van der Waals surface area contributed by atoms with Gasteiger partial charge in [0.1, 0.15) is 18.1 Å². The second-order valence-corrected chi connectivity index (χ2v) is 5.06. The molecule has 0 aromatic heterocycles. The molecule has 2 aromatic carbocycles. The van der Waals surface area contributed by atoms with E-state index in [1.165, 1.54) is 0 Å². The van der Waals surface area contributed by atoms with Crippen molar-refractivity contribution in [1.82, 2.24) is 0 Å². The molecule has 0 saturated heterocycles. The van der Waals surface area contributed by atoms with Crippen LogP contribution in [0.2, 0.25) is 0 Å². The van der Waals surface area contributed by atoms with Crippen molar-refractivity contribution < 1.29 is 9.47 Å². The van der Waals surface area contributed by atoms with Gasteiger partial charge in [0.15, 0.2) is 0 Å². The molecule has 0 bridgehead atoms. The predicted octanol–water partition coefficient (Wildman–Crippen LogP) is 4.33. The van der Waals surface area contributed by atoms with Crippen LogP contribution in [0.1, 0.15) is 5.56 Å². The molecule has 18 heavy (non-hydrogen) atoms. The lowest BCUT2D eigenvalue weighted by Gasteiger charge is -2.11. The SMILES string of the molecule is COc1cccc(COc2c(S)cccc2Br)c1. The quantitative estimate of drug-likeness (QED) is 0.844. The number of ether oxygens (including phenoxy) is 2. The number of benzene rings is 2. The second-order valence-electron chi connectivity index (χ2n) is 3.73. The number of hydrogen-bond acceptors (Lipinski definition) is 3. The molecule has 2 rings (SSSR count). The van der Waals surface area contributed by atoms with Gasteiger partial charge in [0.2, 0.25) is 0 Å². The Morgan fingerprint density at radius 2 is 1.94 bits per heavy atom. The number of halogens is 1. The van der Waals surface area contributed by atoms with Crippen molar-refractivity contribution in [2.45, 2.75) is 11.5 Å². The van der Waals surface area contributed by atoms with Crippen LogP contribution in [0.5, 0.6) is 11.5 Å². The minimum atomic E-state index is 0.480. The van der Waals surface area contributed by atoms with Crippen molar-refractivity contribution in [1.29, 1.82) is 0 Å². The smallest absolute Gasteiger partial charge is 0.147 e. The first kappa shape index (κ1) is 13.3. The monoisotopic (exact) mass is 324 g/mol. The van der Waals surface area contributed by atoms with Crippen molar-refractivity contribution in [2.75, 3.05) is 7.11 Å². The fourth-order valence-corrected chi connectivity index (χ4v) is 2.46. The zero-order valence-electron chi connectivity index (χ0n) is 9.89. The lowest BCUT2D eigenvalue weighted by molar-refractivity contribution is 0.296. The number of hydrogen-bond donors (Lipinski definition) is 1. The van der Waals surface area contributed by atoms with Gasteiger partial charge in [-0.15, -0.1) is 12.6 Å².